The zero-order valence-corrected chi connectivity index (χ0v) is 39.8. The maximum absolute atomic E-state index is 16.6. The molecule has 4 aliphatic heterocycles. The zero-order chi connectivity index (χ0) is 48.6. The first-order valence-electron chi connectivity index (χ1n) is 24.3. The smallest absolute Gasteiger partial charge is 0.421 e. The third kappa shape index (κ3) is 9.44. The number of fused-ring (bicyclic) bond motifs is 3. The summed E-state index contributed by atoms with van der Waals surface area (Å²) in [5.41, 5.74) is 2.53. The molecule has 1 N–H and O–H groups in total. The number of benzene rings is 5. The minimum Gasteiger partial charge on any atom is -0.491 e. The first kappa shape index (κ1) is 48.2. The molecule has 0 unspecified atom stereocenters. The van der Waals surface area contributed by atoms with E-state index >= 15 is 14.4 Å². The molecule has 9 rings (SSSR count). The minimum absolute atomic E-state index is 0.0614. The van der Waals surface area contributed by atoms with Gasteiger partial charge in [-0.15, -0.1) is 0 Å². The van der Waals surface area contributed by atoms with Gasteiger partial charge in [0.25, 0.3) is 0 Å². The number of nitrogens with zero attached hydrogens (tertiary/aromatic N) is 4. The summed E-state index contributed by atoms with van der Waals surface area (Å²) < 4.78 is 23.5. The molecule has 0 aromatic heterocycles. The lowest BCUT2D eigenvalue weighted by Crippen LogP contribution is -2.56. The lowest BCUT2D eigenvalue weighted by Gasteiger charge is -2.46. The van der Waals surface area contributed by atoms with Crippen LogP contribution in [0.1, 0.15) is 83.7 Å². The highest BCUT2D eigenvalue weighted by atomic mass is 16.6. The lowest BCUT2D eigenvalue weighted by molar-refractivity contribution is -0.179. The van der Waals surface area contributed by atoms with Crippen LogP contribution in [0.5, 0.6) is 5.75 Å². The van der Waals surface area contributed by atoms with Crippen molar-refractivity contribution in [3.63, 3.8) is 0 Å². The fourth-order valence-corrected chi connectivity index (χ4v) is 11.0. The van der Waals surface area contributed by atoms with Crippen LogP contribution >= 0.6 is 0 Å². The van der Waals surface area contributed by atoms with Gasteiger partial charge < -0.3 is 29.0 Å². The van der Waals surface area contributed by atoms with Gasteiger partial charge >= 0.3 is 12.1 Å². The van der Waals surface area contributed by atoms with Crippen LogP contribution in [-0.2, 0) is 40.6 Å². The number of anilines is 1. The molecule has 0 saturated carbocycles. The highest BCUT2D eigenvalue weighted by Crippen LogP contribution is 2.66. The van der Waals surface area contributed by atoms with E-state index in [0.717, 1.165) is 53.7 Å². The molecule has 1 spiro atoms. The standard InChI is InChI=1S/C57H60N4O9/c1-58(39-41-18-9-6-10-19-41)31-17-20-40-25-30-47-46(38-40)57(55(65)60(47)56(66)69-37-36-67-2)48(53(63)59-32-15-4-3-5-16-33-59)50-54(64)70-51(43-23-13-8-14-24-43)49(42-21-11-7-12-22-42)61(50)52(57)44-26-28-45(29-27-44)68-35-34-62/h6-14,18-19,21-30,38,48-52,62H,3-5,15-16,31-37,39H2,1-2H3/t48-,49-,50-,51+,52+,57-/m1/s1. The van der Waals surface area contributed by atoms with Crippen LogP contribution in [-0.4, -0.2) is 110 Å². The number of morpholine rings is 1. The van der Waals surface area contributed by atoms with Crippen molar-refractivity contribution < 1.29 is 43.2 Å². The molecule has 13 heteroatoms. The van der Waals surface area contributed by atoms with E-state index in [-0.39, 0.29) is 38.0 Å². The largest absolute Gasteiger partial charge is 0.491 e. The Kier molecular flexibility index (Phi) is 15.1. The van der Waals surface area contributed by atoms with Gasteiger partial charge in [-0.2, -0.15) is 0 Å². The van der Waals surface area contributed by atoms with Gasteiger partial charge in [0.2, 0.25) is 11.8 Å². The predicted octanol–water partition coefficient (Wildman–Crippen LogP) is 7.78. The van der Waals surface area contributed by atoms with Crippen LogP contribution < -0.4 is 9.64 Å². The van der Waals surface area contributed by atoms with Crippen molar-refractivity contribution in [1.29, 1.82) is 0 Å². The Hall–Kier alpha value is -6.82. The number of esters is 1. The van der Waals surface area contributed by atoms with E-state index in [1.807, 2.05) is 114 Å². The molecule has 362 valence electrons. The highest BCUT2D eigenvalue weighted by Gasteiger charge is 2.76. The molecule has 0 radical (unpaired) electrons. The molecule has 4 aliphatic rings. The van der Waals surface area contributed by atoms with Crippen LogP contribution in [0.15, 0.2) is 133 Å². The number of methoxy groups -OCH3 is 1. The monoisotopic (exact) mass is 944 g/mol. The second-order valence-corrected chi connectivity index (χ2v) is 18.4. The number of rotatable bonds is 13. The number of amides is 3. The maximum Gasteiger partial charge on any atom is 0.421 e. The first-order chi connectivity index (χ1) is 34.3. The molecule has 3 amide bonds. The Morgan fingerprint density at radius 1 is 0.771 bits per heavy atom. The van der Waals surface area contributed by atoms with E-state index in [1.54, 1.807) is 24.3 Å². The van der Waals surface area contributed by atoms with Crippen molar-refractivity contribution in [3.8, 4) is 17.6 Å². The van der Waals surface area contributed by atoms with Gasteiger partial charge in [-0.25, -0.2) is 9.69 Å². The van der Waals surface area contributed by atoms with Crippen molar-refractivity contribution >= 4 is 29.6 Å². The van der Waals surface area contributed by atoms with Gasteiger partial charge in [0, 0.05) is 32.3 Å². The summed E-state index contributed by atoms with van der Waals surface area (Å²) in [6.45, 7) is 1.82. The first-order valence-corrected chi connectivity index (χ1v) is 24.3. The maximum atomic E-state index is 16.6. The number of ether oxygens (including phenoxy) is 4. The second kappa shape index (κ2) is 21.9. The van der Waals surface area contributed by atoms with E-state index < -0.39 is 53.5 Å². The summed E-state index contributed by atoms with van der Waals surface area (Å²) in [7, 11) is 3.49. The summed E-state index contributed by atoms with van der Waals surface area (Å²) in [5, 5.41) is 9.64. The van der Waals surface area contributed by atoms with Crippen molar-refractivity contribution in [2.24, 2.45) is 5.92 Å². The molecular weight excluding hydrogens is 885 g/mol. The Morgan fingerprint density at radius 3 is 2.10 bits per heavy atom. The molecule has 3 fully saturated rings. The van der Waals surface area contributed by atoms with E-state index in [2.05, 4.69) is 28.9 Å². The van der Waals surface area contributed by atoms with Gasteiger partial charge in [0.1, 0.15) is 36.5 Å². The number of likely N-dealkylation sites (tertiary alicyclic amines) is 1. The molecule has 5 aromatic carbocycles. The highest BCUT2D eigenvalue weighted by molar-refractivity contribution is 6.23. The average molecular weight is 945 g/mol. The predicted molar refractivity (Wildman–Crippen MR) is 263 cm³/mol. The molecule has 70 heavy (non-hydrogen) atoms. The number of aliphatic hydroxyl groups excluding tert-OH is 1. The summed E-state index contributed by atoms with van der Waals surface area (Å²) in [4.78, 5) is 69.9. The van der Waals surface area contributed by atoms with E-state index in [4.69, 9.17) is 18.9 Å². The average Bonchev–Trinajstić information content (AvgIpc) is 3.82. The third-order valence-electron chi connectivity index (χ3n) is 14.0. The lowest BCUT2D eigenvalue weighted by atomic mass is 9.64. The molecular formula is C57H60N4O9. The topological polar surface area (TPSA) is 138 Å². The van der Waals surface area contributed by atoms with Crippen LogP contribution in [0.3, 0.4) is 0 Å². The van der Waals surface area contributed by atoms with Crippen molar-refractivity contribution in [2.75, 3.05) is 65.1 Å². The Morgan fingerprint density at radius 2 is 1.43 bits per heavy atom. The van der Waals surface area contributed by atoms with Gasteiger partial charge in [0.05, 0.1) is 43.4 Å². The molecule has 0 aliphatic carbocycles. The Balaban J connectivity index is 1.30. The zero-order valence-electron chi connectivity index (χ0n) is 39.8. The van der Waals surface area contributed by atoms with Gasteiger partial charge in [-0.05, 0) is 78.0 Å². The fraction of sp³-hybridized carbons (Fsp3) is 0.368. The molecule has 5 aromatic rings. The van der Waals surface area contributed by atoms with Crippen LogP contribution in [0.25, 0.3) is 0 Å². The number of aliphatic hydroxyl groups is 1. The van der Waals surface area contributed by atoms with Crippen molar-refractivity contribution in [3.05, 3.63) is 167 Å². The van der Waals surface area contributed by atoms with E-state index in [1.165, 1.54) is 7.11 Å². The molecule has 3 saturated heterocycles. The van der Waals surface area contributed by atoms with Crippen molar-refractivity contribution in [2.45, 2.75) is 68.3 Å². The summed E-state index contributed by atoms with van der Waals surface area (Å²) in [6, 6.07) is 38.8. The molecule has 13 nitrogen and oxygen atoms in total. The van der Waals surface area contributed by atoms with Gasteiger partial charge in [-0.3, -0.25) is 24.2 Å². The minimum atomic E-state index is -1.94. The fourth-order valence-electron chi connectivity index (χ4n) is 11.0. The number of hydrogen-bond acceptors (Lipinski definition) is 11. The van der Waals surface area contributed by atoms with Gasteiger partial charge in [0.15, 0.2) is 0 Å². The molecule has 0 bridgehead atoms. The number of carbonyl (C=O) groups is 4. The molecule has 6 atom stereocenters. The SMILES string of the molecule is COCCOC(=O)N1C(=O)[C@@]2(c3cc(C#CCN(C)Cc4ccccc4)ccc31)[C@H](c1ccc(OCCO)cc1)N1[C@H](c3ccccc3)[C@H](c3ccccc3)OC(=O)[C@H]1[C@@H]2C(=O)N1CCCCCCC1. The van der Waals surface area contributed by atoms with Crippen LogP contribution in [0.2, 0.25) is 0 Å². The summed E-state index contributed by atoms with van der Waals surface area (Å²) in [6.07, 6.45) is 2.63. The number of cyclic esters (lactones) is 1. The summed E-state index contributed by atoms with van der Waals surface area (Å²) >= 11 is 0. The van der Waals surface area contributed by atoms with Crippen LogP contribution in [0, 0.1) is 17.8 Å². The van der Waals surface area contributed by atoms with Crippen LogP contribution in [0.4, 0.5) is 10.5 Å². The van der Waals surface area contributed by atoms with Gasteiger partial charge in [-0.1, -0.05) is 134 Å². The Bertz CT molecular complexity index is 2680. The summed E-state index contributed by atoms with van der Waals surface area (Å²) in [5.74, 6) is 4.05. The number of hydrogen-bond donors (Lipinski definition) is 1. The number of imide groups is 1. The quantitative estimate of drug-likeness (QED) is 0.0704. The third-order valence-corrected chi connectivity index (χ3v) is 14.0. The normalized spacial score (nSPS) is 23.2. The number of carbonyl (C=O) groups excluding carboxylic acids is 4. The van der Waals surface area contributed by atoms with E-state index in [9.17, 15) is 9.90 Å². The van der Waals surface area contributed by atoms with Crippen molar-refractivity contribution in [1.82, 2.24) is 14.7 Å². The molecule has 4 heterocycles. The Labute approximate surface area is 409 Å². The van der Waals surface area contributed by atoms with E-state index in [0.29, 0.717) is 48.6 Å². The second-order valence-electron chi connectivity index (χ2n) is 18.4.